The number of aromatic nitrogens is 1. The molecule has 4 nitrogen and oxygen atoms in total. The lowest BCUT2D eigenvalue weighted by Crippen LogP contribution is -2.27. The van der Waals surface area contributed by atoms with Gasteiger partial charge in [0.05, 0.1) is 11.4 Å². The maximum Gasteiger partial charge on any atom is 0.308 e. The molecule has 0 aliphatic heterocycles. The van der Waals surface area contributed by atoms with Crippen molar-refractivity contribution in [2.45, 2.75) is 13.8 Å². The third kappa shape index (κ3) is 3.20. The van der Waals surface area contributed by atoms with E-state index in [-0.39, 0.29) is 5.92 Å². The minimum atomic E-state index is -0.783. The molecule has 1 aromatic heterocycles. The van der Waals surface area contributed by atoms with Crippen LogP contribution in [0.15, 0.2) is 30.5 Å². The molecule has 0 aliphatic rings. The number of aliphatic carboxylic acids is 1. The summed E-state index contributed by atoms with van der Waals surface area (Å²) >= 11 is 5.94. The second kappa shape index (κ2) is 6.09. The lowest BCUT2D eigenvalue weighted by Gasteiger charge is -2.18. The molecule has 2 rings (SSSR count). The molecule has 0 radical (unpaired) electrons. The van der Waals surface area contributed by atoms with Crippen molar-refractivity contribution in [3.8, 4) is 0 Å². The molecule has 0 spiro atoms. The number of hydrogen-bond donors (Lipinski definition) is 2. The van der Waals surface area contributed by atoms with Gasteiger partial charge in [0.1, 0.15) is 0 Å². The summed E-state index contributed by atoms with van der Waals surface area (Å²) in [5.41, 5.74) is 1.66. The van der Waals surface area contributed by atoms with Gasteiger partial charge in [0, 0.05) is 28.8 Å². The number of benzene rings is 1. The number of nitrogens with one attached hydrogen (secondary N) is 1. The monoisotopic (exact) mass is 292 g/mol. The van der Waals surface area contributed by atoms with Crippen LogP contribution in [0.4, 0.5) is 5.69 Å². The third-order valence-electron chi connectivity index (χ3n) is 3.34. The van der Waals surface area contributed by atoms with Crippen LogP contribution in [0, 0.1) is 11.8 Å². The lowest BCUT2D eigenvalue weighted by atomic mass is 9.96. The Balaban J connectivity index is 2.24. The third-order valence-corrected chi connectivity index (χ3v) is 3.57. The summed E-state index contributed by atoms with van der Waals surface area (Å²) in [7, 11) is 0. The van der Waals surface area contributed by atoms with Gasteiger partial charge in [0.25, 0.3) is 0 Å². The van der Waals surface area contributed by atoms with Gasteiger partial charge in [-0.25, -0.2) is 0 Å². The molecule has 0 saturated carbocycles. The number of pyridine rings is 1. The predicted molar refractivity (Wildman–Crippen MR) is 81.2 cm³/mol. The van der Waals surface area contributed by atoms with Crippen molar-refractivity contribution < 1.29 is 9.90 Å². The molecular weight excluding hydrogens is 276 g/mol. The fraction of sp³-hybridized carbons (Fsp3) is 0.333. The van der Waals surface area contributed by atoms with E-state index in [4.69, 9.17) is 11.6 Å². The van der Waals surface area contributed by atoms with E-state index in [0.29, 0.717) is 11.6 Å². The van der Waals surface area contributed by atoms with Crippen molar-refractivity contribution in [1.29, 1.82) is 0 Å². The van der Waals surface area contributed by atoms with Crippen molar-refractivity contribution in [3.63, 3.8) is 0 Å². The summed E-state index contributed by atoms with van der Waals surface area (Å²) in [5.74, 6) is -1.14. The second-order valence-electron chi connectivity index (χ2n) is 5.09. The van der Waals surface area contributed by atoms with Crippen LogP contribution in [0.3, 0.4) is 0 Å². The topological polar surface area (TPSA) is 62.2 Å². The highest BCUT2D eigenvalue weighted by molar-refractivity contribution is 6.31. The molecule has 5 heteroatoms. The summed E-state index contributed by atoms with van der Waals surface area (Å²) in [5, 5.41) is 14.0. The number of carboxylic acid groups (broad SMARTS) is 1. The molecule has 1 heterocycles. The molecule has 0 saturated heterocycles. The number of rotatable bonds is 5. The van der Waals surface area contributed by atoms with Crippen molar-refractivity contribution >= 4 is 34.2 Å². The smallest absolute Gasteiger partial charge is 0.308 e. The maximum atomic E-state index is 11.2. The van der Waals surface area contributed by atoms with Crippen LogP contribution in [0.1, 0.15) is 13.8 Å². The van der Waals surface area contributed by atoms with E-state index in [1.165, 1.54) is 0 Å². The standard InChI is InChI=1S/C15H17ClN2O2/c1-9(2)12(15(19)20)8-18-13-5-6-17-14-7-10(16)3-4-11(13)14/h3-7,9,12H,8H2,1-2H3,(H,17,18)(H,19,20). The van der Waals surface area contributed by atoms with E-state index in [2.05, 4.69) is 10.3 Å². The fourth-order valence-electron chi connectivity index (χ4n) is 2.10. The van der Waals surface area contributed by atoms with Gasteiger partial charge >= 0.3 is 5.97 Å². The summed E-state index contributed by atoms with van der Waals surface area (Å²) < 4.78 is 0. The fourth-order valence-corrected chi connectivity index (χ4v) is 2.27. The number of carbonyl (C=O) groups is 1. The molecule has 106 valence electrons. The SMILES string of the molecule is CC(C)C(CNc1ccnc2cc(Cl)ccc12)C(=O)O. The van der Waals surface area contributed by atoms with E-state index < -0.39 is 11.9 Å². The van der Waals surface area contributed by atoms with Gasteiger partial charge in [0.2, 0.25) is 0 Å². The normalized spacial score (nSPS) is 12.6. The van der Waals surface area contributed by atoms with Crippen LogP contribution in [0.5, 0.6) is 0 Å². The molecule has 0 fully saturated rings. The number of anilines is 1. The maximum absolute atomic E-state index is 11.2. The highest BCUT2D eigenvalue weighted by Crippen LogP contribution is 2.25. The molecule has 1 unspecified atom stereocenters. The van der Waals surface area contributed by atoms with Crippen LogP contribution >= 0.6 is 11.6 Å². The first kappa shape index (κ1) is 14.6. The zero-order valence-corrected chi connectivity index (χ0v) is 12.2. The summed E-state index contributed by atoms with van der Waals surface area (Å²) in [6, 6.07) is 7.32. The number of hydrogen-bond acceptors (Lipinski definition) is 3. The largest absolute Gasteiger partial charge is 0.481 e. The average Bonchev–Trinajstić information content (AvgIpc) is 2.37. The van der Waals surface area contributed by atoms with Gasteiger partial charge in [-0.1, -0.05) is 25.4 Å². The minimum Gasteiger partial charge on any atom is -0.481 e. The molecule has 2 aromatic rings. The number of fused-ring (bicyclic) bond motifs is 1. The quantitative estimate of drug-likeness (QED) is 0.883. The molecule has 0 amide bonds. The van der Waals surface area contributed by atoms with Crippen molar-refractivity contribution in [1.82, 2.24) is 4.98 Å². The Morgan fingerprint density at radius 2 is 2.15 bits per heavy atom. The lowest BCUT2D eigenvalue weighted by molar-refractivity contribution is -0.142. The second-order valence-corrected chi connectivity index (χ2v) is 5.53. The molecule has 2 N–H and O–H groups in total. The first-order chi connectivity index (χ1) is 9.49. The van der Waals surface area contributed by atoms with E-state index in [0.717, 1.165) is 16.6 Å². The van der Waals surface area contributed by atoms with E-state index in [9.17, 15) is 9.90 Å². The summed E-state index contributed by atoms with van der Waals surface area (Å²) in [6.45, 7) is 4.20. The van der Waals surface area contributed by atoms with Gasteiger partial charge in [-0.05, 0) is 30.2 Å². The Labute approximate surface area is 122 Å². The Hall–Kier alpha value is -1.81. The average molecular weight is 293 g/mol. The van der Waals surface area contributed by atoms with Gasteiger partial charge < -0.3 is 10.4 Å². The first-order valence-corrected chi connectivity index (χ1v) is 6.88. The summed E-state index contributed by atoms with van der Waals surface area (Å²) in [6.07, 6.45) is 1.69. The summed E-state index contributed by atoms with van der Waals surface area (Å²) in [4.78, 5) is 15.5. The predicted octanol–water partition coefficient (Wildman–Crippen LogP) is 3.66. The number of halogens is 1. The van der Waals surface area contributed by atoms with E-state index in [1.807, 2.05) is 26.0 Å². The molecule has 1 atom stereocenters. The Kier molecular flexibility index (Phi) is 4.45. The Morgan fingerprint density at radius 1 is 1.40 bits per heavy atom. The Bertz CT molecular complexity index is 628. The molecule has 20 heavy (non-hydrogen) atoms. The first-order valence-electron chi connectivity index (χ1n) is 6.50. The van der Waals surface area contributed by atoms with Crippen LogP contribution < -0.4 is 5.32 Å². The van der Waals surface area contributed by atoms with Crippen molar-refractivity contribution in [3.05, 3.63) is 35.5 Å². The highest BCUT2D eigenvalue weighted by Gasteiger charge is 2.21. The van der Waals surface area contributed by atoms with Crippen LogP contribution in [0.25, 0.3) is 10.9 Å². The van der Waals surface area contributed by atoms with Gasteiger partial charge in [-0.2, -0.15) is 0 Å². The van der Waals surface area contributed by atoms with E-state index in [1.54, 1.807) is 18.3 Å². The van der Waals surface area contributed by atoms with Gasteiger partial charge in [-0.15, -0.1) is 0 Å². The van der Waals surface area contributed by atoms with Gasteiger partial charge in [0.15, 0.2) is 0 Å². The van der Waals surface area contributed by atoms with Crippen molar-refractivity contribution in [2.24, 2.45) is 11.8 Å². The molecular formula is C15H17ClN2O2. The minimum absolute atomic E-state index is 0.0718. The van der Waals surface area contributed by atoms with E-state index >= 15 is 0 Å². The zero-order valence-electron chi connectivity index (χ0n) is 11.4. The van der Waals surface area contributed by atoms with Crippen LogP contribution in [-0.4, -0.2) is 22.6 Å². The molecule has 0 aliphatic carbocycles. The van der Waals surface area contributed by atoms with Crippen molar-refractivity contribution in [2.75, 3.05) is 11.9 Å². The number of nitrogens with zero attached hydrogens (tertiary/aromatic N) is 1. The Morgan fingerprint density at radius 3 is 2.80 bits per heavy atom. The highest BCUT2D eigenvalue weighted by atomic mass is 35.5. The van der Waals surface area contributed by atoms with Gasteiger partial charge in [-0.3, -0.25) is 9.78 Å². The molecule has 1 aromatic carbocycles. The molecule has 0 bridgehead atoms. The number of carboxylic acids is 1. The van der Waals surface area contributed by atoms with Crippen LogP contribution in [-0.2, 0) is 4.79 Å². The zero-order chi connectivity index (χ0) is 14.7. The van der Waals surface area contributed by atoms with Crippen LogP contribution in [0.2, 0.25) is 5.02 Å².